The Balaban J connectivity index is 2.68. The molecule has 0 radical (unpaired) electrons. The number of carbonyl (C=O) groups is 2. The summed E-state index contributed by atoms with van der Waals surface area (Å²) in [5.74, 6) is -1.43. The molecule has 1 amide bonds. The number of amides is 1. The van der Waals surface area contributed by atoms with E-state index in [1.54, 1.807) is 7.05 Å². The maximum absolute atomic E-state index is 11.9. The van der Waals surface area contributed by atoms with Gasteiger partial charge in [0, 0.05) is 13.6 Å². The first-order chi connectivity index (χ1) is 9.61. The molecule has 0 heterocycles. The highest BCUT2D eigenvalue weighted by molar-refractivity contribution is 5.85. The number of benzene rings is 1. The van der Waals surface area contributed by atoms with Crippen molar-refractivity contribution >= 4 is 11.9 Å². The van der Waals surface area contributed by atoms with E-state index in [9.17, 15) is 9.59 Å². The Morgan fingerprint density at radius 2 is 1.76 bits per heavy atom. The summed E-state index contributed by atoms with van der Waals surface area (Å²) in [5.41, 5.74) is 7.88. The number of nitrogens with zero attached hydrogens (tertiary/aromatic N) is 1. The van der Waals surface area contributed by atoms with Crippen molar-refractivity contribution in [3.05, 3.63) is 35.4 Å². The van der Waals surface area contributed by atoms with Crippen molar-refractivity contribution in [2.45, 2.75) is 45.2 Å². The molecule has 3 N–H and O–H groups in total. The van der Waals surface area contributed by atoms with Gasteiger partial charge in [-0.3, -0.25) is 9.59 Å². The number of carboxylic acid groups (broad SMARTS) is 1. The summed E-state index contributed by atoms with van der Waals surface area (Å²) < 4.78 is 0. The van der Waals surface area contributed by atoms with Gasteiger partial charge < -0.3 is 15.7 Å². The number of likely N-dealkylation sites (N-methyl/N-ethyl adjacent to an activating group) is 1. The third kappa shape index (κ3) is 5.19. The van der Waals surface area contributed by atoms with Crippen molar-refractivity contribution in [1.82, 2.24) is 4.90 Å². The number of carbonyl (C=O) groups excluding carboxylic acids is 1. The van der Waals surface area contributed by atoms with Crippen molar-refractivity contribution in [1.29, 1.82) is 0 Å². The minimum atomic E-state index is -1.07. The highest BCUT2D eigenvalue weighted by Crippen LogP contribution is 2.22. The summed E-state index contributed by atoms with van der Waals surface area (Å²) in [6, 6.07) is 7.05. The average molecular weight is 292 g/mol. The lowest BCUT2D eigenvalue weighted by Crippen LogP contribution is -2.42. The van der Waals surface area contributed by atoms with E-state index in [2.05, 4.69) is 20.8 Å². The normalized spacial score (nSPS) is 12.8. The van der Waals surface area contributed by atoms with Crippen molar-refractivity contribution in [3.8, 4) is 0 Å². The van der Waals surface area contributed by atoms with Crippen LogP contribution in [0.3, 0.4) is 0 Å². The minimum absolute atomic E-state index is 0.0874. The van der Waals surface area contributed by atoms with Crippen molar-refractivity contribution in [2.24, 2.45) is 5.73 Å². The molecule has 0 saturated heterocycles. The van der Waals surface area contributed by atoms with E-state index < -0.39 is 12.0 Å². The third-order valence-corrected chi connectivity index (χ3v) is 3.33. The molecule has 0 aromatic heterocycles. The van der Waals surface area contributed by atoms with E-state index in [1.165, 1.54) is 10.5 Å². The molecule has 0 saturated carbocycles. The number of rotatable bonds is 5. The summed E-state index contributed by atoms with van der Waals surface area (Å²) in [6.07, 6.45) is -0.355. The number of nitrogens with two attached hydrogens (primary N) is 1. The Morgan fingerprint density at radius 3 is 2.19 bits per heavy atom. The van der Waals surface area contributed by atoms with E-state index in [1.807, 2.05) is 24.3 Å². The fraction of sp³-hybridized carbons (Fsp3) is 0.500. The molecule has 0 bridgehead atoms. The van der Waals surface area contributed by atoms with Gasteiger partial charge in [0.15, 0.2) is 0 Å². The molecule has 1 unspecified atom stereocenters. The second-order valence-electron chi connectivity index (χ2n) is 6.35. The first kappa shape index (κ1) is 17.2. The predicted octanol–water partition coefficient (Wildman–Crippen LogP) is 1.74. The van der Waals surface area contributed by atoms with Gasteiger partial charge in [0.05, 0.1) is 12.5 Å². The lowest BCUT2D eigenvalue weighted by molar-refractivity contribution is -0.141. The Kier molecular flexibility index (Phi) is 5.49. The van der Waals surface area contributed by atoms with Crippen LogP contribution in [0.25, 0.3) is 0 Å². The quantitative estimate of drug-likeness (QED) is 0.866. The molecular weight excluding hydrogens is 268 g/mol. The molecule has 0 spiro atoms. The average Bonchev–Trinajstić information content (AvgIpc) is 2.36. The summed E-state index contributed by atoms with van der Waals surface area (Å²) in [6.45, 7) is 6.84. The summed E-state index contributed by atoms with van der Waals surface area (Å²) in [7, 11) is 1.63. The molecule has 21 heavy (non-hydrogen) atoms. The van der Waals surface area contributed by atoms with Crippen LogP contribution < -0.4 is 5.73 Å². The van der Waals surface area contributed by atoms with E-state index in [0.29, 0.717) is 6.54 Å². The highest BCUT2D eigenvalue weighted by atomic mass is 16.4. The summed E-state index contributed by atoms with van der Waals surface area (Å²) in [4.78, 5) is 24.0. The number of hydrogen-bond acceptors (Lipinski definition) is 3. The standard InChI is InChI=1S/C16H24N2O3/c1-16(2,3)12-7-5-11(6-8-12)10-18(4)15(21)13(17)9-14(19)20/h5-8,13H,9-10,17H2,1-4H3,(H,19,20). The lowest BCUT2D eigenvalue weighted by Gasteiger charge is -2.22. The van der Waals surface area contributed by atoms with Crippen LogP contribution in [-0.2, 0) is 21.5 Å². The predicted molar refractivity (Wildman–Crippen MR) is 81.8 cm³/mol. The topological polar surface area (TPSA) is 83.6 Å². The van der Waals surface area contributed by atoms with Gasteiger partial charge in [-0.2, -0.15) is 0 Å². The van der Waals surface area contributed by atoms with E-state index in [4.69, 9.17) is 10.8 Å². The first-order valence-electron chi connectivity index (χ1n) is 6.93. The zero-order chi connectivity index (χ0) is 16.2. The van der Waals surface area contributed by atoms with Crippen LogP contribution in [0, 0.1) is 0 Å². The number of carboxylic acids is 1. The van der Waals surface area contributed by atoms with Crippen LogP contribution >= 0.6 is 0 Å². The van der Waals surface area contributed by atoms with Gasteiger partial charge in [-0.05, 0) is 16.5 Å². The molecule has 0 aliphatic carbocycles. The Morgan fingerprint density at radius 1 is 1.24 bits per heavy atom. The molecule has 1 aromatic rings. The van der Waals surface area contributed by atoms with Gasteiger partial charge in [-0.15, -0.1) is 0 Å². The molecule has 5 heteroatoms. The maximum atomic E-state index is 11.9. The second-order valence-corrected chi connectivity index (χ2v) is 6.35. The highest BCUT2D eigenvalue weighted by Gasteiger charge is 2.21. The van der Waals surface area contributed by atoms with Crippen LogP contribution in [0.2, 0.25) is 0 Å². The zero-order valence-electron chi connectivity index (χ0n) is 13.1. The van der Waals surface area contributed by atoms with E-state index in [-0.39, 0.29) is 17.7 Å². The van der Waals surface area contributed by atoms with Gasteiger partial charge >= 0.3 is 5.97 Å². The van der Waals surface area contributed by atoms with E-state index in [0.717, 1.165) is 5.56 Å². The van der Waals surface area contributed by atoms with E-state index >= 15 is 0 Å². The summed E-state index contributed by atoms with van der Waals surface area (Å²) >= 11 is 0. The third-order valence-electron chi connectivity index (χ3n) is 3.33. The zero-order valence-corrected chi connectivity index (χ0v) is 13.1. The van der Waals surface area contributed by atoms with Crippen LogP contribution in [0.4, 0.5) is 0 Å². The molecule has 1 rings (SSSR count). The second kappa shape index (κ2) is 6.72. The van der Waals surface area contributed by atoms with Gasteiger partial charge in [0.2, 0.25) is 5.91 Å². The fourth-order valence-corrected chi connectivity index (χ4v) is 2.02. The largest absolute Gasteiger partial charge is 0.481 e. The van der Waals surface area contributed by atoms with Gasteiger partial charge in [0.1, 0.15) is 0 Å². The lowest BCUT2D eigenvalue weighted by atomic mass is 9.87. The molecular formula is C16H24N2O3. The van der Waals surface area contributed by atoms with Crippen molar-refractivity contribution in [3.63, 3.8) is 0 Å². The van der Waals surface area contributed by atoms with Gasteiger partial charge in [-0.1, -0.05) is 45.0 Å². The molecule has 0 aliphatic rings. The Hall–Kier alpha value is -1.88. The monoisotopic (exact) mass is 292 g/mol. The molecule has 1 aromatic carbocycles. The minimum Gasteiger partial charge on any atom is -0.481 e. The Bertz CT molecular complexity index is 503. The Labute approximate surface area is 125 Å². The molecule has 0 fully saturated rings. The maximum Gasteiger partial charge on any atom is 0.305 e. The van der Waals surface area contributed by atoms with Crippen LogP contribution in [0.5, 0.6) is 0 Å². The molecule has 1 atom stereocenters. The van der Waals surface area contributed by atoms with Gasteiger partial charge in [-0.25, -0.2) is 0 Å². The van der Waals surface area contributed by atoms with Crippen LogP contribution in [0.1, 0.15) is 38.3 Å². The fourth-order valence-electron chi connectivity index (χ4n) is 2.02. The molecule has 116 valence electrons. The molecule has 5 nitrogen and oxygen atoms in total. The number of hydrogen-bond donors (Lipinski definition) is 2. The number of aliphatic carboxylic acids is 1. The molecule has 0 aliphatic heterocycles. The summed E-state index contributed by atoms with van der Waals surface area (Å²) in [5, 5.41) is 8.66. The first-order valence-corrected chi connectivity index (χ1v) is 6.93. The smallest absolute Gasteiger partial charge is 0.305 e. The van der Waals surface area contributed by atoms with Crippen LogP contribution in [-0.4, -0.2) is 35.0 Å². The van der Waals surface area contributed by atoms with Crippen molar-refractivity contribution < 1.29 is 14.7 Å². The van der Waals surface area contributed by atoms with Gasteiger partial charge in [0.25, 0.3) is 0 Å². The SMILES string of the molecule is CN(Cc1ccc(C(C)(C)C)cc1)C(=O)C(N)CC(=O)O. The van der Waals surface area contributed by atoms with Crippen LogP contribution in [0.15, 0.2) is 24.3 Å². The van der Waals surface area contributed by atoms with Crippen molar-refractivity contribution in [2.75, 3.05) is 7.05 Å².